The van der Waals surface area contributed by atoms with Crippen molar-refractivity contribution in [1.29, 1.82) is 0 Å². The topological polar surface area (TPSA) is 66.8 Å². The standard InChI is InChI=1S/C17H18N6/c1-23(13-15-5-3-2-4-6-15)17-21-16(12-20-22-17)19-11-14-7-9-18-10-8-14/h2-10,12H,11,13H2,1H3,(H,19,21,22). The molecule has 23 heavy (non-hydrogen) atoms. The third-order valence-electron chi connectivity index (χ3n) is 3.37. The minimum Gasteiger partial charge on any atom is -0.365 e. The Morgan fingerprint density at radius 3 is 2.57 bits per heavy atom. The Hall–Kier alpha value is -3.02. The average molecular weight is 306 g/mol. The zero-order valence-electron chi connectivity index (χ0n) is 12.9. The van der Waals surface area contributed by atoms with Gasteiger partial charge in [0, 0.05) is 32.5 Å². The average Bonchev–Trinajstić information content (AvgIpc) is 2.62. The molecule has 0 aliphatic carbocycles. The van der Waals surface area contributed by atoms with Crippen molar-refractivity contribution >= 4 is 11.8 Å². The van der Waals surface area contributed by atoms with E-state index in [2.05, 4.69) is 37.6 Å². The Balaban J connectivity index is 1.64. The second-order valence-electron chi connectivity index (χ2n) is 5.19. The number of benzene rings is 1. The fourth-order valence-electron chi connectivity index (χ4n) is 2.16. The van der Waals surface area contributed by atoms with Crippen molar-refractivity contribution < 1.29 is 0 Å². The third-order valence-corrected chi connectivity index (χ3v) is 3.37. The number of hydrogen-bond acceptors (Lipinski definition) is 6. The van der Waals surface area contributed by atoms with Crippen molar-refractivity contribution in [2.75, 3.05) is 17.3 Å². The summed E-state index contributed by atoms with van der Waals surface area (Å²) in [7, 11) is 1.96. The van der Waals surface area contributed by atoms with E-state index < -0.39 is 0 Å². The lowest BCUT2D eigenvalue weighted by Crippen LogP contribution is -2.20. The molecule has 116 valence electrons. The number of pyridine rings is 1. The highest BCUT2D eigenvalue weighted by molar-refractivity contribution is 5.39. The van der Waals surface area contributed by atoms with Gasteiger partial charge in [0.15, 0.2) is 5.82 Å². The van der Waals surface area contributed by atoms with Gasteiger partial charge in [-0.15, -0.1) is 5.10 Å². The number of anilines is 2. The third kappa shape index (κ3) is 4.23. The Morgan fingerprint density at radius 2 is 1.78 bits per heavy atom. The summed E-state index contributed by atoms with van der Waals surface area (Å²) in [4.78, 5) is 10.5. The Kier molecular flexibility index (Phi) is 4.73. The number of nitrogens with one attached hydrogen (secondary N) is 1. The molecule has 0 saturated heterocycles. The van der Waals surface area contributed by atoms with Crippen LogP contribution in [0, 0.1) is 0 Å². The Labute approximate surface area is 135 Å². The van der Waals surface area contributed by atoms with E-state index >= 15 is 0 Å². The molecule has 0 fully saturated rings. The first-order valence-electron chi connectivity index (χ1n) is 7.39. The maximum Gasteiger partial charge on any atom is 0.247 e. The highest BCUT2D eigenvalue weighted by Gasteiger charge is 2.07. The molecule has 0 aliphatic heterocycles. The van der Waals surface area contributed by atoms with Crippen molar-refractivity contribution in [1.82, 2.24) is 20.2 Å². The highest BCUT2D eigenvalue weighted by atomic mass is 15.3. The zero-order valence-corrected chi connectivity index (χ0v) is 12.9. The molecular weight excluding hydrogens is 288 g/mol. The van der Waals surface area contributed by atoms with E-state index in [0.717, 1.165) is 12.1 Å². The minimum atomic E-state index is 0.591. The summed E-state index contributed by atoms with van der Waals surface area (Å²) in [5, 5.41) is 11.4. The summed E-state index contributed by atoms with van der Waals surface area (Å²) in [6.45, 7) is 1.40. The summed E-state index contributed by atoms with van der Waals surface area (Å²) in [5.41, 5.74) is 2.34. The molecule has 6 heteroatoms. The molecule has 0 saturated carbocycles. The fraction of sp³-hybridized carbons (Fsp3) is 0.176. The van der Waals surface area contributed by atoms with Crippen molar-refractivity contribution in [3.05, 3.63) is 72.2 Å². The quantitative estimate of drug-likeness (QED) is 0.755. The van der Waals surface area contributed by atoms with Gasteiger partial charge >= 0.3 is 0 Å². The molecule has 1 N–H and O–H groups in total. The van der Waals surface area contributed by atoms with Crippen LogP contribution in [0.5, 0.6) is 0 Å². The van der Waals surface area contributed by atoms with Crippen LogP contribution in [0.15, 0.2) is 61.1 Å². The first kappa shape index (κ1) is 14.9. The van der Waals surface area contributed by atoms with Crippen molar-refractivity contribution in [2.24, 2.45) is 0 Å². The molecule has 3 rings (SSSR count). The van der Waals surface area contributed by atoms with Crippen LogP contribution in [0.3, 0.4) is 0 Å². The summed E-state index contributed by atoms with van der Waals surface area (Å²) >= 11 is 0. The van der Waals surface area contributed by atoms with E-state index in [1.165, 1.54) is 5.56 Å². The lowest BCUT2D eigenvalue weighted by atomic mass is 10.2. The Morgan fingerprint density at radius 1 is 1.00 bits per heavy atom. The van der Waals surface area contributed by atoms with Crippen LogP contribution in [-0.4, -0.2) is 27.2 Å². The molecule has 6 nitrogen and oxygen atoms in total. The van der Waals surface area contributed by atoms with Gasteiger partial charge in [0.05, 0.1) is 6.20 Å². The lowest BCUT2D eigenvalue weighted by molar-refractivity contribution is 0.828. The van der Waals surface area contributed by atoms with Gasteiger partial charge in [-0.2, -0.15) is 10.1 Å². The summed E-state index contributed by atoms with van der Waals surface area (Å²) in [5.74, 6) is 1.29. The number of nitrogens with zero attached hydrogens (tertiary/aromatic N) is 5. The summed E-state index contributed by atoms with van der Waals surface area (Å²) in [6.07, 6.45) is 5.17. The first-order chi connectivity index (χ1) is 11.3. The minimum absolute atomic E-state index is 0.591. The first-order valence-corrected chi connectivity index (χ1v) is 7.39. The van der Waals surface area contributed by atoms with Crippen LogP contribution in [-0.2, 0) is 13.1 Å². The molecule has 0 spiro atoms. The van der Waals surface area contributed by atoms with Gasteiger partial charge in [-0.1, -0.05) is 30.3 Å². The van der Waals surface area contributed by atoms with E-state index in [1.54, 1.807) is 18.6 Å². The lowest BCUT2D eigenvalue weighted by Gasteiger charge is -2.17. The van der Waals surface area contributed by atoms with Crippen LogP contribution in [0.25, 0.3) is 0 Å². The smallest absolute Gasteiger partial charge is 0.247 e. The van der Waals surface area contributed by atoms with Crippen LogP contribution in [0.4, 0.5) is 11.8 Å². The van der Waals surface area contributed by atoms with Crippen LogP contribution in [0.2, 0.25) is 0 Å². The molecule has 2 heterocycles. The van der Waals surface area contributed by atoms with E-state index in [9.17, 15) is 0 Å². The molecule has 0 atom stereocenters. The van der Waals surface area contributed by atoms with Crippen LogP contribution in [0.1, 0.15) is 11.1 Å². The van der Waals surface area contributed by atoms with Gasteiger partial charge in [0.1, 0.15) is 0 Å². The van der Waals surface area contributed by atoms with Gasteiger partial charge in [-0.3, -0.25) is 4.98 Å². The van der Waals surface area contributed by atoms with Crippen LogP contribution < -0.4 is 10.2 Å². The molecule has 0 amide bonds. The Bertz CT molecular complexity index is 732. The monoisotopic (exact) mass is 306 g/mol. The predicted molar refractivity (Wildman–Crippen MR) is 89.9 cm³/mol. The SMILES string of the molecule is CN(Cc1ccccc1)c1nncc(NCc2ccncc2)n1. The molecule has 2 aromatic heterocycles. The van der Waals surface area contributed by atoms with Crippen molar-refractivity contribution in [3.8, 4) is 0 Å². The molecule has 0 unspecified atom stereocenters. The maximum atomic E-state index is 4.51. The number of rotatable bonds is 6. The largest absolute Gasteiger partial charge is 0.365 e. The molecule has 3 aromatic rings. The predicted octanol–water partition coefficient (Wildman–Crippen LogP) is 2.52. The summed E-state index contributed by atoms with van der Waals surface area (Å²) in [6, 6.07) is 14.1. The zero-order chi connectivity index (χ0) is 15.9. The maximum absolute atomic E-state index is 4.51. The highest BCUT2D eigenvalue weighted by Crippen LogP contribution is 2.12. The van der Waals surface area contributed by atoms with Crippen molar-refractivity contribution in [3.63, 3.8) is 0 Å². The van der Waals surface area contributed by atoms with Crippen molar-refractivity contribution in [2.45, 2.75) is 13.1 Å². The van der Waals surface area contributed by atoms with Gasteiger partial charge in [0.25, 0.3) is 0 Å². The van der Waals surface area contributed by atoms with Gasteiger partial charge in [-0.25, -0.2) is 0 Å². The molecule has 0 radical (unpaired) electrons. The van der Waals surface area contributed by atoms with E-state index in [-0.39, 0.29) is 0 Å². The molecule has 1 aromatic carbocycles. The molecule has 0 bridgehead atoms. The summed E-state index contributed by atoms with van der Waals surface area (Å²) < 4.78 is 0. The van der Waals surface area contributed by atoms with Gasteiger partial charge < -0.3 is 10.2 Å². The van der Waals surface area contributed by atoms with E-state index in [4.69, 9.17) is 0 Å². The van der Waals surface area contributed by atoms with Crippen LogP contribution >= 0.6 is 0 Å². The van der Waals surface area contributed by atoms with E-state index in [1.807, 2.05) is 42.3 Å². The molecular formula is C17H18N6. The molecule has 0 aliphatic rings. The van der Waals surface area contributed by atoms with E-state index in [0.29, 0.717) is 18.3 Å². The van der Waals surface area contributed by atoms with Gasteiger partial charge in [-0.05, 0) is 23.3 Å². The van der Waals surface area contributed by atoms with Gasteiger partial charge in [0.2, 0.25) is 5.95 Å². The second-order valence-corrected chi connectivity index (χ2v) is 5.19. The number of hydrogen-bond donors (Lipinski definition) is 1. The number of aromatic nitrogens is 4. The normalized spacial score (nSPS) is 10.3. The fourth-order valence-corrected chi connectivity index (χ4v) is 2.16. The second kappa shape index (κ2) is 7.31.